The quantitative estimate of drug-likeness (QED) is 0.180. The van der Waals surface area contributed by atoms with Gasteiger partial charge >= 0.3 is 0 Å². The lowest BCUT2D eigenvalue weighted by atomic mass is 9.98. The Bertz CT molecular complexity index is 1480. The van der Waals surface area contributed by atoms with Gasteiger partial charge in [0, 0.05) is 13.1 Å². The van der Waals surface area contributed by atoms with Gasteiger partial charge in [-0.25, -0.2) is 13.4 Å². The zero-order chi connectivity index (χ0) is 27.4. The number of piperidine rings is 1. The number of aromatic nitrogens is 2. The molecule has 2 aromatic carbocycles. The summed E-state index contributed by atoms with van der Waals surface area (Å²) in [6, 6.07) is 17.4. The van der Waals surface area contributed by atoms with Gasteiger partial charge in [0.15, 0.2) is 4.21 Å². The van der Waals surface area contributed by atoms with Crippen molar-refractivity contribution in [2.45, 2.75) is 62.2 Å². The molecule has 4 aromatic rings. The number of hydrogen-bond acceptors (Lipinski definition) is 5. The first-order chi connectivity index (χ1) is 18.9. The summed E-state index contributed by atoms with van der Waals surface area (Å²) in [6.45, 7) is 5.54. The van der Waals surface area contributed by atoms with Crippen LogP contribution in [0.1, 0.15) is 62.0 Å². The van der Waals surface area contributed by atoms with E-state index in [-0.39, 0.29) is 4.21 Å². The number of nitrogens with one attached hydrogen (secondary N) is 1. The highest BCUT2D eigenvalue weighted by atomic mass is 79.9. The number of H-pyrrole nitrogens is 1. The Balaban J connectivity index is 1.59. The van der Waals surface area contributed by atoms with Gasteiger partial charge in [0.05, 0.1) is 25.9 Å². The first-order valence-electron chi connectivity index (χ1n) is 13.6. The van der Waals surface area contributed by atoms with Crippen LogP contribution in [0.25, 0.3) is 11.0 Å². The molecule has 5 rings (SSSR count). The van der Waals surface area contributed by atoms with Crippen LogP contribution >= 0.6 is 38.9 Å². The standard InChI is InChI=1S/C29H34BrClN4O2S2/c1-2-3-17-35(39(36,37)29-23(30)19-27(31)38-29)26(28-32-24-13-7-8-14-25(24)33-28)18-21-11-5-6-12-22(21)20-34-15-9-4-10-16-34/h5-8,11-14,19,26H,2-4,9-10,15-18,20H2,1H3,(H,32,33). The van der Waals surface area contributed by atoms with Crippen LogP contribution in [0.2, 0.25) is 4.34 Å². The van der Waals surface area contributed by atoms with E-state index in [2.05, 4.69) is 50.9 Å². The maximum absolute atomic E-state index is 14.3. The molecule has 1 unspecified atom stereocenters. The number of fused-ring (bicyclic) bond motifs is 1. The minimum absolute atomic E-state index is 0.228. The van der Waals surface area contributed by atoms with Crippen molar-refractivity contribution in [1.82, 2.24) is 19.2 Å². The summed E-state index contributed by atoms with van der Waals surface area (Å²) in [5, 5.41) is 0. The van der Waals surface area contributed by atoms with Crippen molar-refractivity contribution in [2.75, 3.05) is 19.6 Å². The Morgan fingerprint density at radius 1 is 1.10 bits per heavy atom. The summed E-state index contributed by atoms with van der Waals surface area (Å²) >= 11 is 10.8. The van der Waals surface area contributed by atoms with E-state index in [4.69, 9.17) is 16.6 Å². The molecule has 1 N–H and O–H groups in total. The average Bonchev–Trinajstić information content (AvgIpc) is 3.52. The van der Waals surface area contributed by atoms with Gasteiger partial charge in [0.2, 0.25) is 0 Å². The van der Waals surface area contributed by atoms with Gasteiger partial charge in [0.1, 0.15) is 5.82 Å². The summed E-state index contributed by atoms with van der Waals surface area (Å²) in [7, 11) is -3.88. The first-order valence-corrected chi connectivity index (χ1v) is 17.0. The molecule has 208 valence electrons. The fraction of sp³-hybridized carbons (Fsp3) is 0.414. The van der Waals surface area contributed by atoms with Gasteiger partial charge in [-0.05, 0) is 84.0 Å². The van der Waals surface area contributed by atoms with Gasteiger partial charge in [0.25, 0.3) is 10.0 Å². The van der Waals surface area contributed by atoms with E-state index in [0.29, 0.717) is 27.6 Å². The van der Waals surface area contributed by atoms with Crippen molar-refractivity contribution in [2.24, 2.45) is 0 Å². The number of benzene rings is 2. The van der Waals surface area contributed by atoms with Gasteiger partial charge in [-0.15, -0.1) is 11.3 Å². The van der Waals surface area contributed by atoms with E-state index < -0.39 is 16.1 Å². The SMILES string of the molecule is CCCCN(C(Cc1ccccc1CN1CCCCC1)c1nc2ccccc2[nH]1)S(=O)(=O)c1sc(Cl)cc1Br. The number of likely N-dealkylation sites (tertiary alicyclic amines) is 1. The van der Waals surface area contributed by atoms with Crippen LogP contribution < -0.4 is 0 Å². The van der Waals surface area contributed by atoms with Crippen LogP contribution in [0.5, 0.6) is 0 Å². The zero-order valence-electron chi connectivity index (χ0n) is 22.1. The highest BCUT2D eigenvalue weighted by Crippen LogP contribution is 2.40. The maximum atomic E-state index is 14.3. The normalized spacial score (nSPS) is 15.8. The zero-order valence-corrected chi connectivity index (χ0v) is 26.1. The van der Waals surface area contributed by atoms with Crippen LogP contribution in [0.4, 0.5) is 0 Å². The van der Waals surface area contributed by atoms with Crippen molar-refractivity contribution in [3.63, 3.8) is 0 Å². The number of aromatic amines is 1. The van der Waals surface area contributed by atoms with Crippen molar-refractivity contribution < 1.29 is 8.42 Å². The van der Waals surface area contributed by atoms with Crippen molar-refractivity contribution in [3.8, 4) is 0 Å². The third kappa shape index (κ3) is 6.60. The number of para-hydroxylation sites is 2. The van der Waals surface area contributed by atoms with Gasteiger partial charge in [-0.3, -0.25) is 4.90 Å². The lowest BCUT2D eigenvalue weighted by Gasteiger charge is -2.31. The molecule has 1 fully saturated rings. The Morgan fingerprint density at radius 3 is 2.51 bits per heavy atom. The second kappa shape index (κ2) is 12.8. The number of imidazole rings is 1. The molecule has 39 heavy (non-hydrogen) atoms. The molecule has 2 aromatic heterocycles. The average molecular weight is 650 g/mol. The van der Waals surface area contributed by atoms with Gasteiger partial charge < -0.3 is 4.98 Å². The van der Waals surface area contributed by atoms with E-state index in [1.54, 1.807) is 10.4 Å². The lowest BCUT2D eigenvalue weighted by Crippen LogP contribution is -2.37. The molecule has 0 aliphatic carbocycles. The molecular weight excluding hydrogens is 616 g/mol. The molecule has 10 heteroatoms. The third-order valence-corrected chi connectivity index (χ3v) is 12.2. The molecular formula is C29H34BrClN4O2S2. The fourth-order valence-electron chi connectivity index (χ4n) is 5.31. The fourth-order valence-corrected chi connectivity index (χ4v) is 10.0. The maximum Gasteiger partial charge on any atom is 0.254 e. The molecule has 1 aliphatic heterocycles. The van der Waals surface area contributed by atoms with E-state index in [1.807, 2.05) is 30.3 Å². The lowest BCUT2D eigenvalue weighted by molar-refractivity contribution is 0.219. The molecule has 1 saturated heterocycles. The van der Waals surface area contributed by atoms with Gasteiger partial charge in [-0.2, -0.15) is 4.31 Å². The molecule has 0 spiro atoms. The summed E-state index contributed by atoms with van der Waals surface area (Å²) in [4.78, 5) is 10.9. The molecule has 1 aliphatic rings. The second-order valence-electron chi connectivity index (χ2n) is 10.1. The summed E-state index contributed by atoms with van der Waals surface area (Å²) in [5.74, 6) is 0.655. The summed E-state index contributed by atoms with van der Waals surface area (Å²) in [6.07, 6.45) is 5.87. The predicted molar refractivity (Wildman–Crippen MR) is 164 cm³/mol. The number of halogens is 2. The van der Waals surface area contributed by atoms with Crippen LogP contribution in [0.15, 0.2) is 63.3 Å². The number of hydrogen-bond donors (Lipinski definition) is 1. The van der Waals surface area contributed by atoms with Crippen LogP contribution in [-0.4, -0.2) is 47.2 Å². The van der Waals surface area contributed by atoms with E-state index >= 15 is 0 Å². The van der Waals surface area contributed by atoms with Crippen molar-refractivity contribution >= 4 is 59.9 Å². The Kier molecular flexibility index (Phi) is 9.46. The summed E-state index contributed by atoms with van der Waals surface area (Å²) in [5.41, 5.74) is 4.11. The van der Waals surface area contributed by atoms with Crippen LogP contribution in [0.3, 0.4) is 0 Å². The smallest absolute Gasteiger partial charge is 0.254 e. The molecule has 1 atom stereocenters. The third-order valence-electron chi connectivity index (χ3n) is 7.35. The van der Waals surface area contributed by atoms with Crippen molar-refractivity contribution in [3.05, 3.63) is 80.4 Å². The molecule has 6 nitrogen and oxygen atoms in total. The number of rotatable bonds is 11. The highest BCUT2D eigenvalue weighted by molar-refractivity contribution is 9.10. The number of sulfonamides is 1. The van der Waals surface area contributed by atoms with E-state index in [1.165, 1.54) is 24.8 Å². The monoisotopic (exact) mass is 648 g/mol. The Morgan fingerprint density at radius 2 is 1.82 bits per heavy atom. The molecule has 0 bridgehead atoms. The molecule has 0 saturated carbocycles. The van der Waals surface area contributed by atoms with Gasteiger partial charge in [-0.1, -0.05) is 67.8 Å². The van der Waals surface area contributed by atoms with Crippen molar-refractivity contribution in [1.29, 1.82) is 0 Å². The van der Waals surface area contributed by atoms with Crippen LogP contribution in [0, 0.1) is 0 Å². The molecule has 0 radical (unpaired) electrons. The van der Waals surface area contributed by atoms with E-state index in [0.717, 1.165) is 60.4 Å². The van der Waals surface area contributed by atoms with Crippen LogP contribution in [-0.2, 0) is 23.0 Å². The molecule has 3 heterocycles. The Hall–Kier alpha value is -1.75. The second-order valence-corrected chi connectivity index (χ2v) is 14.7. The number of nitrogens with zero attached hydrogens (tertiary/aromatic N) is 3. The topological polar surface area (TPSA) is 69.3 Å². The minimum atomic E-state index is -3.88. The Labute approximate surface area is 248 Å². The number of thiophene rings is 1. The van der Waals surface area contributed by atoms with E-state index in [9.17, 15) is 8.42 Å². The number of unbranched alkanes of at least 4 members (excludes halogenated alkanes) is 1. The first kappa shape index (κ1) is 28.8. The largest absolute Gasteiger partial charge is 0.341 e. The molecule has 0 amide bonds. The minimum Gasteiger partial charge on any atom is -0.341 e. The highest BCUT2D eigenvalue weighted by Gasteiger charge is 2.37. The predicted octanol–water partition coefficient (Wildman–Crippen LogP) is 7.80. The summed E-state index contributed by atoms with van der Waals surface area (Å²) < 4.78 is 31.4.